The molecule has 0 radical (unpaired) electrons. The Labute approximate surface area is 158 Å². The van der Waals surface area contributed by atoms with E-state index < -0.39 is 0 Å². The van der Waals surface area contributed by atoms with Crippen LogP contribution in [0.5, 0.6) is 0 Å². The van der Waals surface area contributed by atoms with Crippen molar-refractivity contribution in [3.05, 3.63) is 34.9 Å². The number of nitrogens with zero attached hydrogens (tertiary/aromatic N) is 1. The number of nitrogens with one attached hydrogen (secondary N) is 2. The third kappa shape index (κ3) is 9.81. The van der Waals surface area contributed by atoms with Crippen LogP contribution in [0.1, 0.15) is 37.0 Å². The van der Waals surface area contributed by atoms with Crippen molar-refractivity contribution in [2.75, 3.05) is 26.8 Å². The fraction of sp³-hybridized carbons (Fsp3) is 0.611. The molecule has 0 heterocycles. The van der Waals surface area contributed by atoms with Crippen LogP contribution < -0.4 is 10.6 Å². The second-order valence-corrected chi connectivity index (χ2v) is 6.10. The predicted molar refractivity (Wildman–Crippen MR) is 110 cm³/mol. The fourth-order valence-corrected chi connectivity index (χ4v) is 2.14. The second-order valence-electron chi connectivity index (χ2n) is 6.10. The van der Waals surface area contributed by atoms with Gasteiger partial charge in [0.05, 0.1) is 0 Å². The highest BCUT2D eigenvalue weighted by atomic mass is 127. The standard InChI is InChI=1S/C18H31N3O.HI/c1-14(2)13-22-10-6-9-20-18(19-5)21-12-17-8-7-15(3)11-16(17)4;/h7-8,11,14H,6,9-10,12-13H2,1-5H3,(H2,19,20,21);1H. The van der Waals surface area contributed by atoms with Crippen molar-refractivity contribution in [3.63, 3.8) is 0 Å². The first-order chi connectivity index (χ1) is 10.5. The molecule has 0 aromatic heterocycles. The largest absolute Gasteiger partial charge is 0.381 e. The van der Waals surface area contributed by atoms with Crippen molar-refractivity contribution < 1.29 is 4.74 Å². The highest BCUT2D eigenvalue weighted by molar-refractivity contribution is 14.0. The summed E-state index contributed by atoms with van der Waals surface area (Å²) in [6.45, 7) is 11.9. The third-order valence-electron chi connectivity index (χ3n) is 3.38. The summed E-state index contributed by atoms with van der Waals surface area (Å²) in [4.78, 5) is 4.25. The van der Waals surface area contributed by atoms with Gasteiger partial charge in [0.25, 0.3) is 0 Å². The third-order valence-corrected chi connectivity index (χ3v) is 3.38. The number of guanidine groups is 1. The zero-order chi connectivity index (χ0) is 16.4. The van der Waals surface area contributed by atoms with Gasteiger partial charge >= 0.3 is 0 Å². The zero-order valence-electron chi connectivity index (χ0n) is 15.1. The van der Waals surface area contributed by atoms with Crippen molar-refractivity contribution >= 4 is 29.9 Å². The number of hydrogen-bond acceptors (Lipinski definition) is 2. The molecule has 0 amide bonds. The predicted octanol–water partition coefficient (Wildman–Crippen LogP) is 3.65. The summed E-state index contributed by atoms with van der Waals surface area (Å²) < 4.78 is 5.57. The molecule has 0 bridgehead atoms. The molecule has 0 saturated heterocycles. The molecule has 0 spiro atoms. The van der Waals surface area contributed by atoms with Crippen LogP contribution in [0.4, 0.5) is 0 Å². The topological polar surface area (TPSA) is 45.7 Å². The van der Waals surface area contributed by atoms with Gasteiger partial charge in [-0.05, 0) is 37.3 Å². The molecule has 1 aromatic rings. The summed E-state index contributed by atoms with van der Waals surface area (Å²) in [6, 6.07) is 6.52. The average molecular weight is 433 g/mol. The Bertz CT molecular complexity index is 475. The molecule has 0 aliphatic heterocycles. The maximum atomic E-state index is 5.57. The maximum absolute atomic E-state index is 5.57. The molecule has 23 heavy (non-hydrogen) atoms. The summed E-state index contributed by atoms with van der Waals surface area (Å²) in [5.74, 6) is 1.43. The van der Waals surface area contributed by atoms with Gasteiger partial charge in [0, 0.05) is 33.4 Å². The summed E-state index contributed by atoms with van der Waals surface area (Å²) >= 11 is 0. The van der Waals surface area contributed by atoms with Crippen molar-refractivity contribution in [1.29, 1.82) is 0 Å². The Balaban J connectivity index is 0.00000484. The highest BCUT2D eigenvalue weighted by Gasteiger charge is 2.01. The smallest absolute Gasteiger partial charge is 0.191 e. The summed E-state index contributed by atoms with van der Waals surface area (Å²) in [7, 11) is 1.80. The molecule has 0 fully saturated rings. The number of aliphatic imine (C=N–C) groups is 1. The number of benzene rings is 1. The van der Waals surface area contributed by atoms with Gasteiger partial charge in [0.2, 0.25) is 0 Å². The van der Waals surface area contributed by atoms with Gasteiger partial charge in [-0.3, -0.25) is 4.99 Å². The Morgan fingerprint density at radius 1 is 1.22 bits per heavy atom. The van der Waals surface area contributed by atoms with Gasteiger partial charge in [0.1, 0.15) is 0 Å². The maximum Gasteiger partial charge on any atom is 0.191 e. The van der Waals surface area contributed by atoms with Crippen LogP contribution in [0, 0.1) is 19.8 Å². The highest BCUT2D eigenvalue weighted by Crippen LogP contribution is 2.09. The lowest BCUT2D eigenvalue weighted by Gasteiger charge is -2.13. The molecule has 0 aliphatic rings. The quantitative estimate of drug-likeness (QED) is 0.285. The van der Waals surface area contributed by atoms with E-state index in [1.165, 1.54) is 16.7 Å². The lowest BCUT2D eigenvalue weighted by molar-refractivity contribution is 0.108. The molecule has 0 unspecified atom stereocenters. The van der Waals surface area contributed by atoms with Crippen LogP contribution in [0.15, 0.2) is 23.2 Å². The lowest BCUT2D eigenvalue weighted by atomic mass is 10.1. The van der Waals surface area contributed by atoms with Crippen LogP contribution in [-0.2, 0) is 11.3 Å². The first kappa shape index (κ1) is 22.2. The first-order valence-corrected chi connectivity index (χ1v) is 8.11. The molecule has 5 heteroatoms. The van der Waals surface area contributed by atoms with Gasteiger partial charge in [-0.2, -0.15) is 0 Å². The van der Waals surface area contributed by atoms with Crippen LogP contribution in [0.25, 0.3) is 0 Å². The van der Waals surface area contributed by atoms with E-state index in [0.29, 0.717) is 5.92 Å². The summed E-state index contributed by atoms with van der Waals surface area (Å²) in [5, 5.41) is 6.67. The minimum absolute atomic E-state index is 0. The molecule has 4 nitrogen and oxygen atoms in total. The minimum Gasteiger partial charge on any atom is -0.381 e. The van der Waals surface area contributed by atoms with Crippen molar-refractivity contribution in [2.24, 2.45) is 10.9 Å². The van der Waals surface area contributed by atoms with E-state index in [-0.39, 0.29) is 24.0 Å². The Morgan fingerprint density at radius 2 is 1.96 bits per heavy atom. The normalized spacial score (nSPS) is 11.3. The van der Waals surface area contributed by atoms with E-state index in [1.54, 1.807) is 7.05 Å². The number of aryl methyl sites for hydroxylation is 2. The molecule has 2 N–H and O–H groups in total. The van der Waals surface area contributed by atoms with Gasteiger partial charge in [0.15, 0.2) is 5.96 Å². The van der Waals surface area contributed by atoms with Crippen LogP contribution in [-0.4, -0.2) is 32.8 Å². The molecular weight excluding hydrogens is 401 g/mol. The first-order valence-electron chi connectivity index (χ1n) is 8.11. The number of rotatable bonds is 8. The summed E-state index contributed by atoms with van der Waals surface area (Å²) in [5.41, 5.74) is 3.91. The van der Waals surface area contributed by atoms with Gasteiger partial charge in [-0.1, -0.05) is 37.6 Å². The van der Waals surface area contributed by atoms with Gasteiger partial charge < -0.3 is 15.4 Å². The fourth-order valence-electron chi connectivity index (χ4n) is 2.14. The van der Waals surface area contributed by atoms with Crippen LogP contribution in [0.3, 0.4) is 0 Å². The molecule has 1 aromatic carbocycles. The van der Waals surface area contributed by atoms with E-state index >= 15 is 0 Å². The molecule has 0 saturated carbocycles. The second kappa shape index (κ2) is 12.6. The van der Waals surface area contributed by atoms with Crippen molar-refractivity contribution in [1.82, 2.24) is 10.6 Å². The van der Waals surface area contributed by atoms with E-state index in [4.69, 9.17) is 4.74 Å². The van der Waals surface area contributed by atoms with E-state index in [1.807, 2.05) is 0 Å². The van der Waals surface area contributed by atoms with Gasteiger partial charge in [-0.15, -0.1) is 24.0 Å². The van der Waals surface area contributed by atoms with Crippen molar-refractivity contribution in [2.45, 2.75) is 40.7 Å². The molecular formula is C18H32IN3O. The Morgan fingerprint density at radius 3 is 2.57 bits per heavy atom. The number of halogens is 1. The van der Waals surface area contributed by atoms with Crippen LogP contribution >= 0.6 is 24.0 Å². The minimum atomic E-state index is 0. The van der Waals surface area contributed by atoms with Crippen LogP contribution in [0.2, 0.25) is 0 Å². The molecule has 0 atom stereocenters. The average Bonchev–Trinajstić information content (AvgIpc) is 2.47. The molecule has 0 aliphatic carbocycles. The lowest BCUT2D eigenvalue weighted by Crippen LogP contribution is -2.37. The van der Waals surface area contributed by atoms with E-state index in [0.717, 1.165) is 38.7 Å². The zero-order valence-corrected chi connectivity index (χ0v) is 17.4. The number of hydrogen-bond donors (Lipinski definition) is 2. The SMILES string of the molecule is CN=C(NCCCOCC(C)C)NCc1ccc(C)cc1C.I. The molecule has 132 valence electrons. The molecule has 1 rings (SSSR count). The van der Waals surface area contributed by atoms with Gasteiger partial charge in [-0.25, -0.2) is 0 Å². The Hall–Kier alpha value is -0.820. The summed E-state index contributed by atoms with van der Waals surface area (Å²) in [6.07, 6.45) is 0.983. The van der Waals surface area contributed by atoms with E-state index in [2.05, 4.69) is 61.5 Å². The van der Waals surface area contributed by atoms with Crippen molar-refractivity contribution in [3.8, 4) is 0 Å². The number of ether oxygens (including phenoxy) is 1. The Kier molecular flexibility index (Phi) is 12.1. The van der Waals surface area contributed by atoms with E-state index in [9.17, 15) is 0 Å². The monoisotopic (exact) mass is 433 g/mol.